The number of benzene rings is 1. The van der Waals surface area contributed by atoms with Gasteiger partial charge in [-0.15, -0.1) is 6.58 Å². The Labute approximate surface area is 111 Å². The smallest absolute Gasteiger partial charge is 0.329 e. The number of nitrogens with one attached hydrogen (secondary N) is 2. The van der Waals surface area contributed by atoms with Crippen molar-refractivity contribution in [2.75, 3.05) is 13.7 Å². The van der Waals surface area contributed by atoms with Crippen molar-refractivity contribution in [2.45, 2.75) is 0 Å². The zero-order chi connectivity index (χ0) is 14.1. The van der Waals surface area contributed by atoms with Gasteiger partial charge in [-0.3, -0.25) is 9.59 Å². The van der Waals surface area contributed by atoms with Crippen molar-refractivity contribution < 1.29 is 14.3 Å². The van der Waals surface area contributed by atoms with E-state index >= 15 is 0 Å². The molecule has 19 heavy (non-hydrogen) atoms. The molecule has 100 valence electrons. The number of carbonyl (C=O) groups excluding carboxylic acids is 2. The van der Waals surface area contributed by atoms with E-state index in [1.54, 1.807) is 31.4 Å². The summed E-state index contributed by atoms with van der Waals surface area (Å²) in [5, 5.41) is 6.01. The molecule has 0 bridgehead atoms. The lowest BCUT2D eigenvalue weighted by Crippen LogP contribution is -2.37. The predicted octanol–water partition coefficient (Wildman–Crippen LogP) is 0.447. The normalized spacial score (nSPS) is 9.95. The van der Waals surface area contributed by atoms with E-state index in [2.05, 4.69) is 22.4 Å². The minimum absolute atomic E-state index is 0.231. The lowest BCUT2D eigenvalue weighted by atomic mass is 10.2. The van der Waals surface area contributed by atoms with Crippen molar-refractivity contribution in [2.24, 2.45) is 5.10 Å². The second kappa shape index (κ2) is 7.65. The highest BCUT2D eigenvalue weighted by Crippen LogP contribution is 2.09. The summed E-state index contributed by atoms with van der Waals surface area (Å²) >= 11 is 0. The van der Waals surface area contributed by atoms with Crippen molar-refractivity contribution in [3.63, 3.8) is 0 Å². The van der Waals surface area contributed by atoms with Gasteiger partial charge in [0.2, 0.25) is 0 Å². The van der Waals surface area contributed by atoms with Gasteiger partial charge >= 0.3 is 11.8 Å². The maximum Gasteiger partial charge on any atom is 0.329 e. The van der Waals surface area contributed by atoms with Crippen LogP contribution in [-0.2, 0) is 9.59 Å². The Morgan fingerprint density at radius 2 is 2.00 bits per heavy atom. The second-order valence-corrected chi connectivity index (χ2v) is 3.47. The summed E-state index contributed by atoms with van der Waals surface area (Å²) in [6, 6.07) is 7.07. The molecular formula is C13H15N3O3. The third-order valence-electron chi connectivity index (χ3n) is 2.11. The molecular weight excluding hydrogens is 246 g/mol. The van der Waals surface area contributed by atoms with E-state index in [4.69, 9.17) is 4.74 Å². The lowest BCUT2D eigenvalue weighted by Gasteiger charge is -2.00. The first-order valence-electron chi connectivity index (χ1n) is 5.53. The molecule has 1 aromatic rings. The van der Waals surface area contributed by atoms with E-state index in [0.717, 1.165) is 11.3 Å². The van der Waals surface area contributed by atoms with Crippen LogP contribution in [0.25, 0.3) is 0 Å². The molecule has 0 atom stereocenters. The summed E-state index contributed by atoms with van der Waals surface area (Å²) in [6.07, 6.45) is 2.91. The van der Waals surface area contributed by atoms with E-state index in [1.807, 2.05) is 0 Å². The number of hydrazone groups is 1. The highest BCUT2D eigenvalue weighted by Gasteiger charge is 2.10. The minimum atomic E-state index is -0.827. The molecule has 0 aliphatic carbocycles. The fourth-order valence-corrected chi connectivity index (χ4v) is 1.15. The molecule has 6 nitrogen and oxygen atoms in total. The molecule has 0 spiro atoms. The highest BCUT2D eigenvalue weighted by molar-refractivity contribution is 6.35. The number of hydrogen-bond acceptors (Lipinski definition) is 4. The van der Waals surface area contributed by atoms with Crippen molar-refractivity contribution in [3.05, 3.63) is 42.5 Å². The van der Waals surface area contributed by atoms with Gasteiger partial charge in [0.15, 0.2) is 0 Å². The van der Waals surface area contributed by atoms with Crippen LogP contribution in [0.4, 0.5) is 0 Å². The van der Waals surface area contributed by atoms with Gasteiger partial charge in [0, 0.05) is 6.54 Å². The Balaban J connectivity index is 2.46. The molecule has 0 saturated heterocycles. The number of hydrogen-bond donors (Lipinski definition) is 2. The Hall–Kier alpha value is -2.63. The van der Waals surface area contributed by atoms with E-state index in [0.29, 0.717) is 0 Å². The van der Waals surface area contributed by atoms with Crippen LogP contribution in [-0.4, -0.2) is 31.7 Å². The molecule has 0 fully saturated rings. The summed E-state index contributed by atoms with van der Waals surface area (Å²) in [6.45, 7) is 3.65. The molecule has 1 aromatic carbocycles. The van der Waals surface area contributed by atoms with Crippen LogP contribution in [0.15, 0.2) is 42.0 Å². The summed E-state index contributed by atoms with van der Waals surface area (Å²) in [5.41, 5.74) is 2.89. The molecule has 6 heteroatoms. The molecule has 0 aromatic heterocycles. The SMILES string of the molecule is C=CCNC(=O)C(=O)N/N=C/c1ccc(OC)cc1. The zero-order valence-electron chi connectivity index (χ0n) is 10.6. The summed E-state index contributed by atoms with van der Waals surface area (Å²) in [5.74, 6) is -0.858. The first-order valence-corrected chi connectivity index (χ1v) is 5.53. The number of nitrogens with zero attached hydrogens (tertiary/aromatic N) is 1. The molecule has 0 saturated carbocycles. The molecule has 0 heterocycles. The van der Waals surface area contributed by atoms with Gasteiger partial charge in [-0.05, 0) is 29.8 Å². The standard InChI is InChI=1S/C13H15N3O3/c1-3-8-14-12(17)13(18)16-15-9-10-4-6-11(19-2)7-5-10/h3-7,9H,1,8H2,2H3,(H,14,17)(H,16,18)/b15-9+. The van der Waals surface area contributed by atoms with Gasteiger partial charge in [-0.2, -0.15) is 5.10 Å². The van der Waals surface area contributed by atoms with Gasteiger partial charge in [0.25, 0.3) is 0 Å². The predicted molar refractivity (Wildman–Crippen MR) is 71.9 cm³/mol. The van der Waals surface area contributed by atoms with Crippen LogP contribution in [0.3, 0.4) is 0 Å². The maximum absolute atomic E-state index is 11.2. The van der Waals surface area contributed by atoms with Crippen LogP contribution in [0.2, 0.25) is 0 Å². The number of amides is 2. The molecule has 0 aliphatic rings. The fraction of sp³-hybridized carbons (Fsp3) is 0.154. The van der Waals surface area contributed by atoms with E-state index in [1.165, 1.54) is 12.3 Å². The number of carbonyl (C=O) groups is 2. The molecule has 0 aliphatic heterocycles. The third kappa shape index (κ3) is 5.03. The van der Waals surface area contributed by atoms with E-state index in [9.17, 15) is 9.59 Å². The summed E-state index contributed by atoms with van der Waals surface area (Å²) in [4.78, 5) is 22.4. The average Bonchev–Trinajstić information content (AvgIpc) is 2.45. The summed E-state index contributed by atoms with van der Waals surface area (Å²) < 4.78 is 5.01. The van der Waals surface area contributed by atoms with Gasteiger partial charge in [-0.1, -0.05) is 6.08 Å². The van der Waals surface area contributed by atoms with Gasteiger partial charge in [0.1, 0.15) is 5.75 Å². The lowest BCUT2D eigenvalue weighted by molar-refractivity contribution is -0.139. The van der Waals surface area contributed by atoms with Crippen LogP contribution in [0.5, 0.6) is 5.75 Å². The van der Waals surface area contributed by atoms with Gasteiger partial charge < -0.3 is 10.1 Å². The molecule has 0 unspecified atom stereocenters. The Bertz CT molecular complexity index is 480. The van der Waals surface area contributed by atoms with Gasteiger partial charge in [-0.25, -0.2) is 5.43 Å². The van der Waals surface area contributed by atoms with Gasteiger partial charge in [0.05, 0.1) is 13.3 Å². The quantitative estimate of drug-likeness (QED) is 0.349. The van der Waals surface area contributed by atoms with Crippen molar-refractivity contribution in [1.82, 2.24) is 10.7 Å². The zero-order valence-corrected chi connectivity index (χ0v) is 10.6. The maximum atomic E-state index is 11.2. The first-order chi connectivity index (χ1) is 9.17. The monoisotopic (exact) mass is 261 g/mol. The third-order valence-corrected chi connectivity index (χ3v) is 2.11. The number of ether oxygens (including phenoxy) is 1. The fourth-order valence-electron chi connectivity index (χ4n) is 1.15. The molecule has 2 amide bonds. The van der Waals surface area contributed by atoms with Crippen molar-refractivity contribution >= 4 is 18.0 Å². The van der Waals surface area contributed by atoms with E-state index < -0.39 is 11.8 Å². The molecule has 0 radical (unpaired) electrons. The van der Waals surface area contributed by atoms with E-state index in [-0.39, 0.29) is 6.54 Å². The van der Waals surface area contributed by atoms with Crippen LogP contribution < -0.4 is 15.5 Å². The number of rotatable bonds is 5. The molecule has 2 N–H and O–H groups in total. The van der Waals surface area contributed by atoms with Crippen molar-refractivity contribution in [3.8, 4) is 5.75 Å². The van der Waals surface area contributed by atoms with Crippen LogP contribution in [0.1, 0.15) is 5.56 Å². The largest absolute Gasteiger partial charge is 0.497 e. The Kier molecular flexibility index (Phi) is 5.81. The highest BCUT2D eigenvalue weighted by atomic mass is 16.5. The van der Waals surface area contributed by atoms with Crippen LogP contribution in [0, 0.1) is 0 Å². The second-order valence-electron chi connectivity index (χ2n) is 3.47. The van der Waals surface area contributed by atoms with Crippen molar-refractivity contribution in [1.29, 1.82) is 0 Å². The minimum Gasteiger partial charge on any atom is -0.497 e. The number of methoxy groups -OCH3 is 1. The average molecular weight is 261 g/mol. The molecule has 1 rings (SSSR count). The Morgan fingerprint density at radius 1 is 1.32 bits per heavy atom. The first kappa shape index (κ1) is 14.4. The Morgan fingerprint density at radius 3 is 2.58 bits per heavy atom. The summed E-state index contributed by atoms with van der Waals surface area (Å²) in [7, 11) is 1.57. The van der Waals surface area contributed by atoms with Crippen LogP contribution >= 0.6 is 0 Å². The topological polar surface area (TPSA) is 79.8 Å².